The quantitative estimate of drug-likeness (QED) is 0.242. The predicted molar refractivity (Wildman–Crippen MR) is 173 cm³/mol. The lowest BCUT2D eigenvalue weighted by atomic mass is 10.0. The van der Waals surface area contributed by atoms with Gasteiger partial charge in [0.15, 0.2) is 6.61 Å². The minimum atomic E-state index is -0.113. The van der Waals surface area contributed by atoms with Crippen molar-refractivity contribution in [3.05, 3.63) is 107 Å². The highest BCUT2D eigenvalue weighted by Crippen LogP contribution is 2.28. The lowest BCUT2D eigenvalue weighted by Crippen LogP contribution is -2.40. The summed E-state index contributed by atoms with van der Waals surface area (Å²) < 4.78 is 16.4. The summed E-state index contributed by atoms with van der Waals surface area (Å²) in [4.78, 5) is 33.8. The summed E-state index contributed by atoms with van der Waals surface area (Å²) in [6.45, 7) is 5.96. The van der Waals surface area contributed by atoms with Gasteiger partial charge in [0, 0.05) is 58.2 Å². The molecule has 0 saturated heterocycles. The van der Waals surface area contributed by atoms with Crippen LogP contribution in [-0.4, -0.2) is 66.7 Å². The van der Waals surface area contributed by atoms with Gasteiger partial charge in [0.25, 0.3) is 11.8 Å². The second-order valence-corrected chi connectivity index (χ2v) is 11.3. The molecule has 2 heterocycles. The number of fused-ring (bicyclic) bond motifs is 1. The number of rotatable bonds is 9. The number of methoxy groups -OCH3 is 1. The first kappa shape index (κ1) is 31.8. The van der Waals surface area contributed by atoms with Crippen molar-refractivity contribution in [2.45, 2.75) is 45.7 Å². The van der Waals surface area contributed by atoms with Crippen LogP contribution in [0, 0.1) is 6.92 Å². The van der Waals surface area contributed by atoms with Gasteiger partial charge in [-0.3, -0.25) is 14.5 Å². The Balaban J connectivity index is 1.40. The number of carbonyl (C=O) groups is 2. The molecule has 0 radical (unpaired) electrons. The second-order valence-electron chi connectivity index (χ2n) is 11.3. The first-order valence-corrected chi connectivity index (χ1v) is 15.6. The summed E-state index contributed by atoms with van der Waals surface area (Å²) in [5.74, 6) is 1.57. The van der Waals surface area contributed by atoms with Gasteiger partial charge in [0.2, 0.25) is 5.91 Å². The molecule has 5 rings (SSSR count). The van der Waals surface area contributed by atoms with Gasteiger partial charge in [-0.25, -0.2) is 0 Å². The van der Waals surface area contributed by atoms with E-state index in [1.807, 2.05) is 71.3 Å². The van der Waals surface area contributed by atoms with Gasteiger partial charge < -0.3 is 23.8 Å². The molecule has 0 saturated carbocycles. The lowest BCUT2D eigenvalue weighted by molar-refractivity contribution is -0.132. The third kappa shape index (κ3) is 8.95. The Morgan fingerprint density at radius 3 is 2.33 bits per heavy atom. The van der Waals surface area contributed by atoms with Crippen LogP contribution in [-0.2, 0) is 29.1 Å². The maximum atomic E-state index is 13.9. The van der Waals surface area contributed by atoms with E-state index in [0.29, 0.717) is 43.4 Å². The average Bonchev–Trinajstić information content (AvgIpc) is 3.53. The Morgan fingerprint density at radius 1 is 0.867 bits per heavy atom. The van der Waals surface area contributed by atoms with Gasteiger partial charge in [-0.2, -0.15) is 0 Å². The molecular weight excluding hydrogens is 568 g/mol. The van der Waals surface area contributed by atoms with Crippen molar-refractivity contribution in [1.82, 2.24) is 15.0 Å². The number of anilines is 1. The summed E-state index contributed by atoms with van der Waals surface area (Å²) in [5.41, 5.74) is 4.02. The average molecular weight is 611 g/mol. The molecule has 1 aromatic heterocycles. The molecule has 2 amide bonds. The standard InChI is InChI=1S/C36H42N4O5/c1-28-12-9-15-30-26-39(34(41)19-18-32-24-33(43-2)37-45-32)22-10-20-38(25-29-13-5-3-6-14-29)21-11-23-40(36(28)30)35(42)27-44-31-16-7-4-8-17-31/h3-9,12-17,24H,10-11,18-23,25-27H2,1-2H3. The van der Waals surface area contributed by atoms with Crippen molar-refractivity contribution in [3.63, 3.8) is 0 Å². The molecule has 0 unspecified atom stereocenters. The molecule has 1 aliphatic rings. The Morgan fingerprint density at radius 2 is 1.60 bits per heavy atom. The number of ether oxygens (including phenoxy) is 2. The molecule has 0 spiro atoms. The summed E-state index contributed by atoms with van der Waals surface area (Å²) >= 11 is 0. The number of nitrogens with zero attached hydrogens (tertiary/aromatic N) is 4. The largest absolute Gasteiger partial charge is 0.484 e. The molecule has 236 valence electrons. The van der Waals surface area contributed by atoms with Gasteiger partial charge in [-0.1, -0.05) is 66.7 Å². The topological polar surface area (TPSA) is 88.4 Å². The van der Waals surface area contributed by atoms with Crippen molar-refractivity contribution in [2.24, 2.45) is 0 Å². The Labute approximate surface area is 265 Å². The van der Waals surface area contributed by atoms with Gasteiger partial charge in [-0.15, -0.1) is 0 Å². The molecule has 3 aromatic carbocycles. The molecule has 0 atom stereocenters. The summed E-state index contributed by atoms with van der Waals surface area (Å²) in [6, 6.07) is 27.6. The molecule has 0 fully saturated rings. The number of aryl methyl sites for hydroxylation is 2. The monoisotopic (exact) mass is 610 g/mol. The normalized spacial score (nSPS) is 14.6. The molecule has 45 heavy (non-hydrogen) atoms. The van der Waals surface area contributed by atoms with E-state index in [9.17, 15) is 9.59 Å². The van der Waals surface area contributed by atoms with Crippen LogP contribution in [0.1, 0.15) is 41.7 Å². The maximum Gasteiger partial charge on any atom is 0.264 e. The van der Waals surface area contributed by atoms with Crippen LogP contribution in [0.5, 0.6) is 11.6 Å². The molecule has 0 aliphatic carbocycles. The fraction of sp³-hybridized carbons (Fsp3) is 0.361. The highest BCUT2D eigenvalue weighted by atomic mass is 16.5. The van der Waals surface area contributed by atoms with E-state index >= 15 is 0 Å². The minimum Gasteiger partial charge on any atom is -0.484 e. The number of carbonyl (C=O) groups excluding carboxylic acids is 2. The molecule has 9 nitrogen and oxygen atoms in total. The Hall–Kier alpha value is -4.63. The van der Waals surface area contributed by atoms with Gasteiger partial charge in [0.1, 0.15) is 11.5 Å². The highest BCUT2D eigenvalue weighted by Gasteiger charge is 2.25. The summed E-state index contributed by atoms with van der Waals surface area (Å²) in [7, 11) is 1.53. The van der Waals surface area contributed by atoms with E-state index in [1.54, 1.807) is 6.07 Å². The van der Waals surface area contributed by atoms with Crippen molar-refractivity contribution in [2.75, 3.05) is 44.8 Å². The first-order chi connectivity index (χ1) is 22.0. The van der Waals surface area contributed by atoms with E-state index in [4.69, 9.17) is 14.0 Å². The van der Waals surface area contributed by atoms with Gasteiger partial charge in [-0.05, 0) is 53.7 Å². The molecule has 9 heteroatoms. The number of hydrogen-bond acceptors (Lipinski definition) is 7. The zero-order valence-electron chi connectivity index (χ0n) is 26.2. The summed E-state index contributed by atoms with van der Waals surface area (Å²) in [6.07, 6.45) is 2.35. The van der Waals surface area contributed by atoms with Crippen molar-refractivity contribution >= 4 is 17.5 Å². The Bertz CT molecular complexity index is 1520. The first-order valence-electron chi connectivity index (χ1n) is 15.6. The third-order valence-electron chi connectivity index (χ3n) is 8.05. The molecule has 1 aliphatic heterocycles. The second kappa shape index (κ2) is 15.9. The van der Waals surface area contributed by atoms with E-state index in [2.05, 4.69) is 34.3 Å². The van der Waals surface area contributed by atoms with E-state index in [-0.39, 0.29) is 24.8 Å². The molecule has 0 bridgehead atoms. The van der Waals surface area contributed by atoms with Crippen molar-refractivity contribution < 1.29 is 23.6 Å². The fourth-order valence-electron chi connectivity index (χ4n) is 5.78. The third-order valence-corrected chi connectivity index (χ3v) is 8.05. The lowest BCUT2D eigenvalue weighted by Gasteiger charge is -2.32. The number of para-hydroxylation sites is 2. The number of aromatic nitrogens is 1. The van der Waals surface area contributed by atoms with Crippen LogP contribution in [0.25, 0.3) is 0 Å². The van der Waals surface area contributed by atoms with Gasteiger partial charge >= 0.3 is 0 Å². The molecule has 4 aromatic rings. The van der Waals surface area contributed by atoms with Crippen LogP contribution in [0.15, 0.2) is 89.5 Å². The minimum absolute atomic E-state index is 0.0229. The fourth-order valence-corrected chi connectivity index (χ4v) is 5.78. The highest BCUT2D eigenvalue weighted by molar-refractivity contribution is 5.96. The van der Waals surface area contributed by atoms with Crippen molar-refractivity contribution in [3.8, 4) is 11.6 Å². The number of amides is 2. The summed E-state index contributed by atoms with van der Waals surface area (Å²) in [5, 5.41) is 3.86. The van der Waals surface area contributed by atoms with Crippen LogP contribution < -0.4 is 14.4 Å². The van der Waals surface area contributed by atoms with Crippen LogP contribution in [0.4, 0.5) is 5.69 Å². The van der Waals surface area contributed by atoms with Gasteiger partial charge in [0.05, 0.1) is 12.8 Å². The SMILES string of the molecule is COc1cc(CCC(=O)N2CCCN(Cc3ccccc3)CCCN(C(=O)COc3ccccc3)c3c(C)cccc3C2)on1. The van der Waals surface area contributed by atoms with Crippen LogP contribution >= 0.6 is 0 Å². The molecular formula is C36H42N4O5. The van der Waals surface area contributed by atoms with E-state index in [0.717, 1.165) is 49.3 Å². The zero-order chi connectivity index (χ0) is 31.4. The predicted octanol–water partition coefficient (Wildman–Crippen LogP) is 5.66. The Kier molecular flexibility index (Phi) is 11.2. The zero-order valence-corrected chi connectivity index (χ0v) is 26.2. The molecule has 0 N–H and O–H groups in total. The van der Waals surface area contributed by atoms with Crippen LogP contribution in [0.3, 0.4) is 0 Å². The van der Waals surface area contributed by atoms with Crippen LogP contribution in [0.2, 0.25) is 0 Å². The van der Waals surface area contributed by atoms with E-state index < -0.39 is 0 Å². The number of benzene rings is 3. The van der Waals surface area contributed by atoms with E-state index in [1.165, 1.54) is 12.7 Å². The number of hydrogen-bond donors (Lipinski definition) is 0. The smallest absolute Gasteiger partial charge is 0.264 e. The maximum absolute atomic E-state index is 13.9. The van der Waals surface area contributed by atoms with Crippen molar-refractivity contribution in [1.29, 1.82) is 0 Å².